The molecule has 0 rings (SSSR count). The number of unbranched alkanes of at least 4 members (excludes halogenated alkanes) is 2. The maximum atomic E-state index is 5.19. The van der Waals surface area contributed by atoms with Gasteiger partial charge in [-0.25, -0.2) is 0 Å². The highest BCUT2D eigenvalue weighted by molar-refractivity contribution is 4.83. The molecule has 0 saturated carbocycles. The Morgan fingerprint density at radius 1 is 1.31 bits per heavy atom. The second-order valence-electron chi connectivity index (χ2n) is 3.51. The van der Waals surface area contributed by atoms with Crippen LogP contribution in [0.2, 0.25) is 0 Å². The molecule has 0 aliphatic rings. The predicted molar refractivity (Wildman–Crippen MR) is 59.7 cm³/mol. The molecule has 0 aromatic carbocycles. The molecule has 1 atom stereocenters. The quantitative estimate of drug-likeness (QED) is 0.448. The molecule has 0 fully saturated rings. The zero-order valence-electron chi connectivity index (χ0n) is 9.10. The Labute approximate surface area is 83.3 Å². The fraction of sp³-hybridized carbons (Fsp3) is 0.833. The van der Waals surface area contributed by atoms with E-state index < -0.39 is 0 Å². The molecule has 0 aliphatic heterocycles. The SMILES string of the molecule is C#CCCCCC(CC)NCCC. The van der Waals surface area contributed by atoms with Gasteiger partial charge in [0.2, 0.25) is 0 Å². The summed E-state index contributed by atoms with van der Waals surface area (Å²) in [6, 6.07) is 0.706. The lowest BCUT2D eigenvalue weighted by Crippen LogP contribution is -2.28. The van der Waals surface area contributed by atoms with Crippen LogP contribution in [-0.2, 0) is 0 Å². The van der Waals surface area contributed by atoms with Crippen molar-refractivity contribution in [2.45, 2.75) is 58.4 Å². The van der Waals surface area contributed by atoms with E-state index >= 15 is 0 Å². The van der Waals surface area contributed by atoms with E-state index in [-0.39, 0.29) is 0 Å². The van der Waals surface area contributed by atoms with Gasteiger partial charge < -0.3 is 5.32 Å². The monoisotopic (exact) mass is 181 g/mol. The average molecular weight is 181 g/mol. The third-order valence-corrected chi connectivity index (χ3v) is 2.30. The number of hydrogen-bond donors (Lipinski definition) is 1. The van der Waals surface area contributed by atoms with Crippen LogP contribution < -0.4 is 5.32 Å². The van der Waals surface area contributed by atoms with Crippen molar-refractivity contribution in [3.05, 3.63) is 0 Å². The van der Waals surface area contributed by atoms with E-state index in [1.54, 1.807) is 0 Å². The van der Waals surface area contributed by atoms with Crippen LogP contribution in [0.25, 0.3) is 0 Å². The van der Waals surface area contributed by atoms with Crippen LogP contribution in [0.15, 0.2) is 0 Å². The number of rotatable bonds is 8. The minimum Gasteiger partial charge on any atom is -0.314 e. The Morgan fingerprint density at radius 2 is 2.08 bits per heavy atom. The van der Waals surface area contributed by atoms with Crippen LogP contribution in [0, 0.1) is 12.3 Å². The third-order valence-electron chi connectivity index (χ3n) is 2.30. The van der Waals surface area contributed by atoms with Crippen molar-refractivity contribution in [2.24, 2.45) is 0 Å². The molecule has 1 heteroatoms. The van der Waals surface area contributed by atoms with Crippen molar-refractivity contribution >= 4 is 0 Å². The van der Waals surface area contributed by atoms with Gasteiger partial charge in [-0.15, -0.1) is 12.3 Å². The summed E-state index contributed by atoms with van der Waals surface area (Å²) in [6.07, 6.45) is 12.3. The van der Waals surface area contributed by atoms with Crippen molar-refractivity contribution in [3.63, 3.8) is 0 Å². The minimum atomic E-state index is 0.706. The van der Waals surface area contributed by atoms with E-state index in [0.29, 0.717) is 6.04 Å². The molecule has 1 N–H and O–H groups in total. The lowest BCUT2D eigenvalue weighted by molar-refractivity contribution is 0.451. The highest BCUT2D eigenvalue weighted by atomic mass is 14.9. The van der Waals surface area contributed by atoms with Crippen molar-refractivity contribution in [2.75, 3.05) is 6.54 Å². The predicted octanol–water partition coefficient (Wildman–Crippen LogP) is 2.96. The van der Waals surface area contributed by atoms with Crippen molar-refractivity contribution in [1.29, 1.82) is 0 Å². The van der Waals surface area contributed by atoms with Gasteiger partial charge in [0, 0.05) is 12.5 Å². The summed E-state index contributed by atoms with van der Waals surface area (Å²) < 4.78 is 0. The second-order valence-corrected chi connectivity index (χ2v) is 3.51. The fourth-order valence-electron chi connectivity index (χ4n) is 1.42. The zero-order valence-corrected chi connectivity index (χ0v) is 9.10. The van der Waals surface area contributed by atoms with E-state index in [1.165, 1.54) is 32.1 Å². The molecule has 0 spiro atoms. The summed E-state index contributed by atoms with van der Waals surface area (Å²) in [5.41, 5.74) is 0. The van der Waals surface area contributed by atoms with E-state index in [0.717, 1.165) is 13.0 Å². The van der Waals surface area contributed by atoms with Crippen LogP contribution in [0.4, 0.5) is 0 Å². The first kappa shape index (κ1) is 12.5. The summed E-state index contributed by atoms with van der Waals surface area (Å²) in [5.74, 6) is 2.68. The van der Waals surface area contributed by atoms with Gasteiger partial charge in [-0.2, -0.15) is 0 Å². The van der Waals surface area contributed by atoms with Crippen LogP contribution in [-0.4, -0.2) is 12.6 Å². The Morgan fingerprint density at radius 3 is 2.62 bits per heavy atom. The Kier molecular flexibility index (Phi) is 9.25. The van der Waals surface area contributed by atoms with Gasteiger partial charge in [-0.3, -0.25) is 0 Å². The summed E-state index contributed by atoms with van der Waals surface area (Å²) in [7, 11) is 0. The standard InChI is InChI=1S/C12H23N/c1-4-7-8-9-10-12(6-3)13-11-5-2/h1,12-13H,5-11H2,2-3H3. The van der Waals surface area contributed by atoms with E-state index in [2.05, 4.69) is 25.1 Å². The van der Waals surface area contributed by atoms with Gasteiger partial charge in [0.05, 0.1) is 0 Å². The molecule has 0 aliphatic carbocycles. The van der Waals surface area contributed by atoms with Crippen LogP contribution in [0.5, 0.6) is 0 Å². The molecule has 0 aromatic rings. The first-order valence-electron chi connectivity index (χ1n) is 5.52. The molecule has 0 heterocycles. The van der Waals surface area contributed by atoms with Gasteiger partial charge in [0.1, 0.15) is 0 Å². The van der Waals surface area contributed by atoms with Gasteiger partial charge in [-0.1, -0.05) is 20.3 Å². The maximum absolute atomic E-state index is 5.19. The topological polar surface area (TPSA) is 12.0 Å². The molecular formula is C12H23N. The number of terminal acetylenes is 1. The summed E-state index contributed by atoms with van der Waals surface area (Å²) in [6.45, 7) is 5.60. The van der Waals surface area contributed by atoms with Gasteiger partial charge >= 0.3 is 0 Å². The summed E-state index contributed by atoms with van der Waals surface area (Å²) in [4.78, 5) is 0. The van der Waals surface area contributed by atoms with Crippen LogP contribution >= 0.6 is 0 Å². The Hall–Kier alpha value is -0.480. The van der Waals surface area contributed by atoms with Crippen molar-refractivity contribution in [3.8, 4) is 12.3 Å². The fourth-order valence-corrected chi connectivity index (χ4v) is 1.42. The molecule has 0 bridgehead atoms. The Balaban J connectivity index is 3.32. The summed E-state index contributed by atoms with van der Waals surface area (Å²) in [5, 5.41) is 3.54. The molecule has 0 saturated heterocycles. The first-order chi connectivity index (χ1) is 6.35. The van der Waals surface area contributed by atoms with Crippen molar-refractivity contribution in [1.82, 2.24) is 5.32 Å². The smallest absolute Gasteiger partial charge is 0.00860 e. The highest BCUT2D eigenvalue weighted by Gasteiger charge is 2.02. The third kappa shape index (κ3) is 7.87. The van der Waals surface area contributed by atoms with Gasteiger partial charge in [0.25, 0.3) is 0 Å². The lowest BCUT2D eigenvalue weighted by Gasteiger charge is -2.15. The molecule has 1 nitrogen and oxygen atoms in total. The minimum absolute atomic E-state index is 0.706. The largest absolute Gasteiger partial charge is 0.314 e. The van der Waals surface area contributed by atoms with E-state index in [1.807, 2.05) is 0 Å². The first-order valence-corrected chi connectivity index (χ1v) is 5.52. The normalized spacial score (nSPS) is 12.4. The molecular weight excluding hydrogens is 158 g/mol. The zero-order chi connectivity index (χ0) is 9.94. The molecule has 1 unspecified atom stereocenters. The molecule has 13 heavy (non-hydrogen) atoms. The summed E-state index contributed by atoms with van der Waals surface area (Å²) >= 11 is 0. The van der Waals surface area contributed by atoms with E-state index in [9.17, 15) is 0 Å². The number of nitrogens with one attached hydrogen (secondary N) is 1. The highest BCUT2D eigenvalue weighted by Crippen LogP contribution is 2.05. The van der Waals surface area contributed by atoms with Crippen LogP contribution in [0.3, 0.4) is 0 Å². The maximum Gasteiger partial charge on any atom is 0.00860 e. The van der Waals surface area contributed by atoms with Crippen molar-refractivity contribution < 1.29 is 0 Å². The van der Waals surface area contributed by atoms with E-state index in [4.69, 9.17) is 6.42 Å². The molecule has 0 radical (unpaired) electrons. The second kappa shape index (κ2) is 9.61. The lowest BCUT2D eigenvalue weighted by atomic mass is 10.1. The Bertz CT molecular complexity index is 135. The van der Waals surface area contributed by atoms with Gasteiger partial charge in [0.15, 0.2) is 0 Å². The van der Waals surface area contributed by atoms with Gasteiger partial charge in [-0.05, 0) is 32.2 Å². The number of hydrogen-bond acceptors (Lipinski definition) is 1. The molecule has 0 aromatic heterocycles. The molecule has 0 amide bonds. The van der Waals surface area contributed by atoms with Crippen LogP contribution in [0.1, 0.15) is 52.4 Å². The average Bonchev–Trinajstić information content (AvgIpc) is 2.17. The molecule has 76 valence electrons.